The first-order valence-electron chi connectivity index (χ1n) is 35.7. The molecule has 0 rings (SSSR count). The van der Waals surface area contributed by atoms with Crippen LogP contribution in [0.3, 0.4) is 0 Å². The fourth-order valence-electron chi connectivity index (χ4n) is 10.0. The number of carbonyl (C=O) groups excluding carboxylic acids is 4. The second kappa shape index (κ2) is 60.5. The van der Waals surface area contributed by atoms with Crippen LogP contribution in [0.5, 0.6) is 0 Å². The summed E-state index contributed by atoms with van der Waals surface area (Å²) in [6.45, 7) is 11.7. The molecular weight excluding hydrogens is 1170 g/mol. The van der Waals surface area contributed by atoms with Gasteiger partial charge in [0.1, 0.15) is 19.3 Å². The lowest BCUT2D eigenvalue weighted by atomic mass is 10.0. The van der Waals surface area contributed by atoms with Gasteiger partial charge in [-0.2, -0.15) is 0 Å². The quantitative estimate of drug-likeness (QED) is 0.0169. The highest BCUT2D eigenvalue weighted by molar-refractivity contribution is 7.47. The molecule has 0 aliphatic carbocycles. The lowest BCUT2D eigenvalue weighted by Crippen LogP contribution is -2.30. The Labute approximate surface area is 542 Å². The molecule has 0 spiro atoms. The average Bonchev–Trinajstić information content (AvgIpc) is 3.50. The minimum atomic E-state index is -4.96. The van der Waals surface area contributed by atoms with Crippen molar-refractivity contribution in [3.63, 3.8) is 0 Å². The lowest BCUT2D eigenvalue weighted by molar-refractivity contribution is -0.161. The van der Waals surface area contributed by atoms with Gasteiger partial charge < -0.3 is 33.8 Å². The van der Waals surface area contributed by atoms with Gasteiger partial charge in [0.05, 0.1) is 26.4 Å². The summed E-state index contributed by atoms with van der Waals surface area (Å²) in [6.07, 6.45) is 46.8. The van der Waals surface area contributed by atoms with Crippen molar-refractivity contribution in [3.8, 4) is 0 Å². The maximum Gasteiger partial charge on any atom is 0.472 e. The van der Waals surface area contributed by atoms with Gasteiger partial charge in [0.25, 0.3) is 0 Å². The zero-order chi connectivity index (χ0) is 65.9. The first-order valence-corrected chi connectivity index (χ1v) is 38.7. The Balaban J connectivity index is 5.28. The van der Waals surface area contributed by atoms with E-state index in [1.54, 1.807) is 0 Å². The van der Waals surface area contributed by atoms with Crippen molar-refractivity contribution in [1.29, 1.82) is 0 Å². The molecule has 0 heterocycles. The molecule has 2 unspecified atom stereocenters. The van der Waals surface area contributed by atoms with E-state index in [2.05, 4.69) is 72.8 Å². The Morgan fingerprint density at radius 3 is 0.910 bits per heavy atom. The van der Waals surface area contributed by atoms with Crippen LogP contribution in [0.2, 0.25) is 0 Å². The summed E-state index contributed by atoms with van der Waals surface area (Å²) in [6, 6.07) is 0. The normalized spacial score (nSPS) is 14.4. The van der Waals surface area contributed by atoms with Gasteiger partial charge in [-0.1, -0.05) is 272 Å². The Morgan fingerprint density at radius 2 is 0.607 bits per heavy atom. The van der Waals surface area contributed by atoms with Crippen LogP contribution in [-0.4, -0.2) is 96.7 Å². The number of esters is 4. The highest BCUT2D eigenvalue weighted by Crippen LogP contribution is 2.45. The van der Waals surface area contributed by atoms with Crippen LogP contribution in [0, 0.1) is 17.8 Å². The van der Waals surface area contributed by atoms with Crippen LogP contribution < -0.4 is 0 Å². The van der Waals surface area contributed by atoms with Crippen LogP contribution in [0.1, 0.15) is 325 Å². The van der Waals surface area contributed by atoms with Gasteiger partial charge in [-0.15, -0.1) is 0 Å². The second-order valence-electron chi connectivity index (χ2n) is 26.0. The van der Waals surface area contributed by atoms with Gasteiger partial charge in [-0.05, 0) is 69.1 Å². The number of allylic oxidation sites excluding steroid dienone is 4. The van der Waals surface area contributed by atoms with E-state index in [0.29, 0.717) is 31.6 Å². The number of carbonyl (C=O) groups is 4. The fourth-order valence-corrected chi connectivity index (χ4v) is 11.6. The van der Waals surface area contributed by atoms with Crippen molar-refractivity contribution in [1.82, 2.24) is 0 Å². The molecule has 0 fully saturated rings. The molecule has 3 N–H and O–H groups in total. The summed E-state index contributed by atoms with van der Waals surface area (Å²) in [4.78, 5) is 72.5. The summed E-state index contributed by atoms with van der Waals surface area (Å²) >= 11 is 0. The molecule has 0 aromatic heterocycles. The first-order chi connectivity index (χ1) is 42.7. The van der Waals surface area contributed by atoms with Crippen molar-refractivity contribution in [2.45, 2.75) is 343 Å². The maximum atomic E-state index is 13.0. The summed E-state index contributed by atoms with van der Waals surface area (Å²) < 4.78 is 68.2. The SMILES string of the molecule is CCCCCC/C=C\C=C/CCCCCCCC(=O)O[C@H](COC(=O)CCCCCCCCC(C)C)COP(=O)(O)OC[C@H](O)COP(=O)(O)OC[C@@H](COC(=O)CCCCCCCCCCCC(C)C)OC(=O)CCCCCCCCCCCCC(C)C. The van der Waals surface area contributed by atoms with Crippen LogP contribution in [0.4, 0.5) is 0 Å². The van der Waals surface area contributed by atoms with Crippen molar-refractivity contribution in [2.24, 2.45) is 17.8 Å². The van der Waals surface area contributed by atoms with E-state index in [9.17, 15) is 43.2 Å². The maximum absolute atomic E-state index is 13.0. The predicted molar refractivity (Wildman–Crippen MR) is 358 cm³/mol. The zero-order valence-corrected chi connectivity index (χ0v) is 59.2. The first kappa shape index (κ1) is 86.5. The van der Waals surface area contributed by atoms with E-state index in [-0.39, 0.29) is 25.7 Å². The minimum absolute atomic E-state index is 0.0834. The molecule has 0 bridgehead atoms. The summed E-state index contributed by atoms with van der Waals surface area (Å²) in [5.74, 6) is 0.00896. The van der Waals surface area contributed by atoms with Gasteiger partial charge in [0.15, 0.2) is 12.2 Å². The Kier molecular flexibility index (Phi) is 58.8. The lowest BCUT2D eigenvalue weighted by Gasteiger charge is -2.21. The van der Waals surface area contributed by atoms with Crippen molar-refractivity contribution in [2.75, 3.05) is 39.6 Å². The molecular formula is C70H132O17P2. The summed E-state index contributed by atoms with van der Waals surface area (Å²) in [7, 11) is -9.91. The molecule has 19 heteroatoms. The highest BCUT2D eigenvalue weighted by atomic mass is 31.2. The molecule has 0 amide bonds. The largest absolute Gasteiger partial charge is 0.472 e. The molecule has 0 aliphatic heterocycles. The van der Waals surface area contributed by atoms with Gasteiger partial charge in [0.2, 0.25) is 0 Å². The Hall–Kier alpha value is -2.46. The molecule has 0 aromatic rings. The predicted octanol–water partition coefficient (Wildman–Crippen LogP) is 19.4. The number of hydrogen-bond donors (Lipinski definition) is 3. The van der Waals surface area contributed by atoms with Crippen LogP contribution in [0.25, 0.3) is 0 Å². The zero-order valence-electron chi connectivity index (χ0n) is 57.4. The molecule has 524 valence electrons. The van der Waals surface area contributed by atoms with E-state index >= 15 is 0 Å². The van der Waals surface area contributed by atoms with Gasteiger partial charge >= 0.3 is 39.5 Å². The number of hydrogen-bond acceptors (Lipinski definition) is 15. The van der Waals surface area contributed by atoms with Gasteiger partial charge in [-0.25, -0.2) is 9.13 Å². The minimum Gasteiger partial charge on any atom is -0.462 e. The molecule has 0 saturated heterocycles. The summed E-state index contributed by atoms with van der Waals surface area (Å²) in [5, 5.41) is 10.6. The third-order valence-corrected chi connectivity index (χ3v) is 17.4. The molecule has 5 atom stereocenters. The van der Waals surface area contributed by atoms with Crippen LogP contribution in [0.15, 0.2) is 24.3 Å². The molecule has 0 aromatic carbocycles. The number of unbranched alkanes of at least 4 members (excludes halogenated alkanes) is 31. The number of aliphatic hydroxyl groups is 1. The monoisotopic (exact) mass is 1310 g/mol. The topological polar surface area (TPSA) is 237 Å². The Bertz CT molecular complexity index is 1840. The van der Waals surface area contributed by atoms with Crippen molar-refractivity contribution >= 4 is 39.5 Å². The second-order valence-corrected chi connectivity index (χ2v) is 28.9. The third-order valence-electron chi connectivity index (χ3n) is 15.5. The van der Waals surface area contributed by atoms with E-state index in [1.165, 1.54) is 116 Å². The standard InChI is InChI=1S/C70H132O17P2/c1-8-9-10-11-12-13-14-15-16-17-18-24-30-39-46-53-69(74)87-66(58-81-68(73)52-45-38-33-32-36-43-50-63(6)7)60-85-89(78,79)83-56-64(71)55-82-88(76,77)84-59-65(57-80-67(72)51-44-37-29-26-21-23-28-35-42-49-62(4)5)86-70(75)54-47-40-31-25-20-19-22-27-34-41-48-61(2)3/h13-16,61-66,71H,8-12,17-60H2,1-7H3,(H,76,77)(H,78,79)/b14-13-,16-15-/t64-,65-,66-/m1/s1. The average molecular weight is 1310 g/mol. The van der Waals surface area contributed by atoms with E-state index in [1.807, 2.05) is 0 Å². The molecule has 0 radical (unpaired) electrons. The number of phosphoric ester groups is 2. The summed E-state index contributed by atoms with van der Waals surface area (Å²) in [5.41, 5.74) is 0. The van der Waals surface area contributed by atoms with Gasteiger partial charge in [-0.3, -0.25) is 37.3 Å². The fraction of sp³-hybridized carbons (Fsp3) is 0.886. The number of phosphoric acid groups is 2. The number of ether oxygens (including phenoxy) is 4. The van der Waals surface area contributed by atoms with Crippen molar-refractivity contribution < 1.29 is 80.2 Å². The highest BCUT2D eigenvalue weighted by Gasteiger charge is 2.30. The smallest absolute Gasteiger partial charge is 0.462 e. The molecule has 17 nitrogen and oxygen atoms in total. The van der Waals surface area contributed by atoms with E-state index in [4.69, 9.17) is 37.0 Å². The van der Waals surface area contributed by atoms with E-state index < -0.39 is 97.5 Å². The molecule has 0 saturated carbocycles. The molecule has 89 heavy (non-hydrogen) atoms. The van der Waals surface area contributed by atoms with Crippen LogP contribution >= 0.6 is 15.6 Å². The van der Waals surface area contributed by atoms with E-state index in [0.717, 1.165) is 121 Å². The third kappa shape index (κ3) is 64.1. The van der Waals surface area contributed by atoms with Gasteiger partial charge in [0, 0.05) is 25.7 Å². The van der Waals surface area contributed by atoms with Crippen LogP contribution in [-0.2, 0) is 65.4 Å². The van der Waals surface area contributed by atoms with Crippen molar-refractivity contribution in [3.05, 3.63) is 24.3 Å². The molecule has 0 aliphatic rings. The number of aliphatic hydroxyl groups excluding tert-OH is 1. The Morgan fingerprint density at radius 1 is 0.348 bits per heavy atom. The number of rotatable bonds is 66.